The van der Waals surface area contributed by atoms with E-state index in [9.17, 15) is 25.9 Å². The SMILES string of the molecule is O=S(=O)([O-])c1ccc2c(c1S(=O)(=O)[O-])C=c1cc3c(cc1C2)=Cc1ccccc1C3.[Na+].[Na+]. The molecule has 5 rings (SSSR count). The van der Waals surface area contributed by atoms with E-state index in [0.717, 1.165) is 28.0 Å². The summed E-state index contributed by atoms with van der Waals surface area (Å²) in [6, 6.07) is 14.3. The van der Waals surface area contributed by atoms with Gasteiger partial charge < -0.3 is 9.11 Å². The van der Waals surface area contributed by atoms with Crippen molar-refractivity contribution in [1.29, 1.82) is 0 Å². The molecule has 2 aliphatic carbocycles. The summed E-state index contributed by atoms with van der Waals surface area (Å²) in [4.78, 5) is -1.97. The Kier molecular flexibility index (Phi) is 7.35. The van der Waals surface area contributed by atoms with Crippen molar-refractivity contribution in [2.24, 2.45) is 0 Å². The van der Waals surface area contributed by atoms with Crippen LogP contribution < -0.4 is 69.6 Å². The van der Waals surface area contributed by atoms with Crippen LogP contribution in [-0.4, -0.2) is 25.9 Å². The van der Waals surface area contributed by atoms with Crippen molar-refractivity contribution >= 4 is 32.4 Å². The second-order valence-corrected chi connectivity index (χ2v) is 10.1. The predicted molar refractivity (Wildman–Crippen MR) is 107 cm³/mol. The molecule has 152 valence electrons. The zero-order valence-corrected chi connectivity index (χ0v) is 23.1. The standard InChI is InChI=1S/C22H16O6S2.2Na/c23-29(24,25)21-6-5-15-9-18-10-16-7-13-3-1-2-4-14(13)8-17(16)11-19(18)12-20(15)22(21)30(26,27)28;;/h1-7,10-12H,8-9H2,(H,23,24,25)(H,26,27,28);;/q;2*+1/p-2. The van der Waals surface area contributed by atoms with E-state index in [0.29, 0.717) is 23.6 Å². The molecule has 3 aromatic rings. The molecule has 0 N–H and O–H groups in total. The van der Waals surface area contributed by atoms with Crippen LogP contribution in [-0.2, 0) is 33.1 Å². The maximum absolute atomic E-state index is 11.9. The van der Waals surface area contributed by atoms with E-state index in [2.05, 4.69) is 12.1 Å². The van der Waals surface area contributed by atoms with Gasteiger partial charge in [0.2, 0.25) is 0 Å². The van der Waals surface area contributed by atoms with Crippen molar-refractivity contribution in [3.05, 3.63) is 92.3 Å². The van der Waals surface area contributed by atoms with Gasteiger partial charge in [-0.1, -0.05) is 42.5 Å². The van der Waals surface area contributed by atoms with E-state index < -0.39 is 30.0 Å². The topological polar surface area (TPSA) is 114 Å². The molecule has 0 amide bonds. The van der Waals surface area contributed by atoms with Crippen LogP contribution in [0.1, 0.15) is 33.4 Å². The molecule has 0 spiro atoms. The van der Waals surface area contributed by atoms with E-state index >= 15 is 0 Å². The van der Waals surface area contributed by atoms with Crippen molar-refractivity contribution < 1.29 is 85.1 Å². The second-order valence-electron chi connectivity index (χ2n) is 7.46. The van der Waals surface area contributed by atoms with Crippen molar-refractivity contribution in [1.82, 2.24) is 0 Å². The summed E-state index contributed by atoms with van der Waals surface area (Å²) in [5.74, 6) is 0. The van der Waals surface area contributed by atoms with Gasteiger partial charge in [0.1, 0.15) is 20.2 Å². The molecule has 0 aliphatic heterocycles. The molecule has 0 radical (unpaired) electrons. The maximum Gasteiger partial charge on any atom is 1.00 e. The Morgan fingerprint density at radius 2 is 1.25 bits per heavy atom. The molecular formula is C22H14Na2O6S2. The van der Waals surface area contributed by atoms with Crippen LogP contribution in [0.4, 0.5) is 0 Å². The Balaban J connectivity index is 0.00000144. The molecule has 0 saturated heterocycles. The van der Waals surface area contributed by atoms with Crippen LogP contribution >= 0.6 is 0 Å². The average Bonchev–Trinajstić information content (AvgIpc) is 2.66. The Morgan fingerprint density at radius 3 is 1.88 bits per heavy atom. The zero-order valence-electron chi connectivity index (χ0n) is 17.5. The first-order valence-electron chi connectivity index (χ1n) is 9.12. The van der Waals surface area contributed by atoms with E-state index in [1.807, 2.05) is 30.3 Å². The Bertz CT molecular complexity index is 1590. The fourth-order valence-electron chi connectivity index (χ4n) is 4.26. The summed E-state index contributed by atoms with van der Waals surface area (Å²) in [5.41, 5.74) is 4.77. The minimum Gasteiger partial charge on any atom is -0.744 e. The Labute approximate surface area is 230 Å². The van der Waals surface area contributed by atoms with Gasteiger partial charge >= 0.3 is 59.1 Å². The molecule has 10 heteroatoms. The van der Waals surface area contributed by atoms with Gasteiger partial charge in [-0.25, -0.2) is 16.8 Å². The first kappa shape index (κ1) is 25.8. The van der Waals surface area contributed by atoms with Gasteiger partial charge in [-0.15, -0.1) is 0 Å². The van der Waals surface area contributed by atoms with Crippen LogP contribution in [0.25, 0.3) is 12.2 Å². The zero-order chi connectivity index (χ0) is 21.3. The second kappa shape index (κ2) is 9.11. The van der Waals surface area contributed by atoms with Gasteiger partial charge in [0.25, 0.3) is 0 Å². The van der Waals surface area contributed by atoms with E-state index in [4.69, 9.17) is 0 Å². The monoisotopic (exact) mass is 484 g/mol. The first-order valence-corrected chi connectivity index (χ1v) is 11.9. The molecule has 0 atom stereocenters. The minimum atomic E-state index is -5.18. The molecular weight excluding hydrogens is 470 g/mol. The summed E-state index contributed by atoms with van der Waals surface area (Å²) in [6.45, 7) is 0. The third-order valence-corrected chi connectivity index (χ3v) is 7.55. The van der Waals surface area contributed by atoms with Gasteiger partial charge in [0, 0.05) is 0 Å². The number of fused-ring (bicyclic) bond motifs is 4. The Hall–Kier alpha value is -0.780. The molecule has 0 saturated carbocycles. The number of hydrogen-bond donors (Lipinski definition) is 0. The van der Waals surface area contributed by atoms with Crippen molar-refractivity contribution in [2.45, 2.75) is 22.6 Å². The molecule has 6 nitrogen and oxygen atoms in total. The van der Waals surface area contributed by atoms with Crippen molar-refractivity contribution in [3.8, 4) is 0 Å². The average molecular weight is 484 g/mol. The van der Waals surface area contributed by atoms with Gasteiger partial charge in [-0.3, -0.25) is 0 Å². The quantitative estimate of drug-likeness (QED) is 0.183. The van der Waals surface area contributed by atoms with Crippen molar-refractivity contribution in [3.63, 3.8) is 0 Å². The van der Waals surface area contributed by atoms with Gasteiger partial charge in [0.05, 0.1) is 9.79 Å². The smallest absolute Gasteiger partial charge is 0.744 e. The summed E-state index contributed by atoms with van der Waals surface area (Å²) in [7, 11) is -10.3. The molecule has 0 bridgehead atoms. The predicted octanol–water partition coefficient (Wildman–Crippen LogP) is -5.03. The maximum atomic E-state index is 11.9. The fraction of sp³-hybridized carbons (Fsp3) is 0.0909. The number of hydrogen-bond acceptors (Lipinski definition) is 6. The van der Waals surface area contributed by atoms with Gasteiger partial charge in [-0.2, -0.15) is 0 Å². The van der Waals surface area contributed by atoms with E-state index in [-0.39, 0.29) is 64.7 Å². The van der Waals surface area contributed by atoms with Gasteiger partial charge in [-0.05, 0) is 74.9 Å². The molecule has 32 heavy (non-hydrogen) atoms. The number of rotatable bonds is 2. The minimum absolute atomic E-state index is 0. The molecule has 0 unspecified atom stereocenters. The van der Waals surface area contributed by atoms with Crippen molar-refractivity contribution in [2.75, 3.05) is 0 Å². The van der Waals surface area contributed by atoms with Gasteiger partial charge in [0.15, 0.2) is 0 Å². The third-order valence-electron chi connectivity index (χ3n) is 5.60. The molecule has 0 fully saturated rings. The summed E-state index contributed by atoms with van der Waals surface area (Å²) in [5, 5.41) is 1.78. The van der Waals surface area contributed by atoms with Crippen LogP contribution in [0.15, 0.2) is 58.3 Å². The molecule has 0 aromatic heterocycles. The first-order chi connectivity index (χ1) is 14.1. The molecule has 3 aromatic carbocycles. The van der Waals surface area contributed by atoms with Crippen LogP contribution in [0.2, 0.25) is 0 Å². The summed E-state index contributed by atoms with van der Waals surface area (Å²) in [6.07, 6.45) is 4.63. The largest absolute Gasteiger partial charge is 1.00 e. The molecule has 0 heterocycles. The van der Waals surface area contributed by atoms with Crippen LogP contribution in [0.3, 0.4) is 0 Å². The third kappa shape index (κ3) is 4.59. The van der Waals surface area contributed by atoms with E-state index in [1.54, 1.807) is 0 Å². The Morgan fingerprint density at radius 1 is 0.656 bits per heavy atom. The summed E-state index contributed by atoms with van der Waals surface area (Å²) < 4.78 is 70.3. The fourth-order valence-corrected chi connectivity index (χ4v) is 6.22. The summed E-state index contributed by atoms with van der Waals surface area (Å²) >= 11 is 0. The normalized spacial score (nSPS) is 13.6. The van der Waals surface area contributed by atoms with Crippen LogP contribution in [0.5, 0.6) is 0 Å². The molecule has 2 aliphatic rings. The van der Waals surface area contributed by atoms with E-state index in [1.165, 1.54) is 17.7 Å². The number of benzene rings is 3. The van der Waals surface area contributed by atoms with Crippen LogP contribution in [0, 0.1) is 0 Å².